The number of halogens is 2. The van der Waals surface area contributed by atoms with Crippen LogP contribution in [0.25, 0.3) is 0 Å². The van der Waals surface area contributed by atoms with Crippen molar-refractivity contribution in [1.82, 2.24) is 5.32 Å². The largest absolute Gasteiger partial charge is 0.507 e. The van der Waals surface area contributed by atoms with Crippen molar-refractivity contribution >= 4 is 0 Å². The van der Waals surface area contributed by atoms with Gasteiger partial charge in [0.05, 0.1) is 0 Å². The minimum atomic E-state index is -0.875. The maximum absolute atomic E-state index is 13.1. The number of nitrogens with one attached hydrogen (secondary N) is 1. The quantitative estimate of drug-likeness (QED) is 0.910. The maximum Gasteiger partial charge on any atom is 0.231 e. The fourth-order valence-electron chi connectivity index (χ4n) is 2.11. The van der Waals surface area contributed by atoms with Crippen LogP contribution in [0, 0.1) is 11.6 Å². The van der Waals surface area contributed by atoms with E-state index in [1.807, 2.05) is 0 Å². The molecule has 0 saturated heterocycles. The van der Waals surface area contributed by atoms with Crippen molar-refractivity contribution in [3.63, 3.8) is 0 Å². The first-order chi connectivity index (χ1) is 10.1. The smallest absolute Gasteiger partial charge is 0.231 e. The highest BCUT2D eigenvalue weighted by Crippen LogP contribution is 2.37. The molecule has 0 fully saturated rings. The molecule has 0 atom stereocenters. The Bertz CT molecular complexity index is 676. The van der Waals surface area contributed by atoms with E-state index in [0.29, 0.717) is 35.7 Å². The molecule has 0 aliphatic carbocycles. The molecule has 1 heterocycles. The van der Waals surface area contributed by atoms with E-state index in [1.165, 1.54) is 12.1 Å². The van der Waals surface area contributed by atoms with Crippen LogP contribution in [-0.2, 0) is 13.1 Å². The summed E-state index contributed by atoms with van der Waals surface area (Å²) in [6.45, 7) is 0.854. The molecule has 0 spiro atoms. The molecule has 3 rings (SSSR count). The molecule has 0 aromatic heterocycles. The third-order valence-electron chi connectivity index (χ3n) is 3.20. The van der Waals surface area contributed by atoms with E-state index in [4.69, 9.17) is 9.47 Å². The third kappa shape index (κ3) is 2.90. The minimum absolute atomic E-state index is 0.0945. The molecule has 0 unspecified atom stereocenters. The standard InChI is InChI=1S/C15H13F2NO3/c16-11-2-1-9(3-12(11)17)6-18-7-10-4-14-15(5-13(10)19)21-8-20-14/h1-5,18-19H,6-8H2. The molecule has 21 heavy (non-hydrogen) atoms. The van der Waals surface area contributed by atoms with Crippen LogP contribution in [0.3, 0.4) is 0 Å². The number of hydrogen-bond donors (Lipinski definition) is 2. The van der Waals surface area contributed by atoms with Crippen LogP contribution in [-0.4, -0.2) is 11.9 Å². The van der Waals surface area contributed by atoms with Crippen molar-refractivity contribution in [2.24, 2.45) is 0 Å². The lowest BCUT2D eigenvalue weighted by molar-refractivity contribution is 0.174. The summed E-state index contributed by atoms with van der Waals surface area (Å²) in [6.07, 6.45) is 0. The highest BCUT2D eigenvalue weighted by molar-refractivity contribution is 5.51. The molecule has 1 aliphatic heterocycles. The van der Waals surface area contributed by atoms with E-state index in [-0.39, 0.29) is 12.5 Å². The zero-order valence-electron chi connectivity index (χ0n) is 11.0. The third-order valence-corrected chi connectivity index (χ3v) is 3.20. The van der Waals surface area contributed by atoms with Gasteiger partial charge in [0.1, 0.15) is 5.75 Å². The molecule has 1 aliphatic rings. The predicted molar refractivity (Wildman–Crippen MR) is 71.1 cm³/mol. The molecule has 0 saturated carbocycles. The van der Waals surface area contributed by atoms with Gasteiger partial charge in [-0.3, -0.25) is 0 Å². The zero-order valence-corrected chi connectivity index (χ0v) is 11.0. The number of rotatable bonds is 4. The molecular weight excluding hydrogens is 280 g/mol. The number of ether oxygens (including phenoxy) is 2. The molecule has 0 radical (unpaired) electrons. The van der Waals surface area contributed by atoms with E-state index < -0.39 is 11.6 Å². The molecule has 0 amide bonds. The first-order valence-electron chi connectivity index (χ1n) is 6.39. The second-order valence-corrected chi connectivity index (χ2v) is 4.69. The second kappa shape index (κ2) is 5.57. The molecule has 110 valence electrons. The number of hydrogen-bond acceptors (Lipinski definition) is 4. The van der Waals surface area contributed by atoms with Crippen molar-refractivity contribution in [2.75, 3.05) is 6.79 Å². The van der Waals surface area contributed by atoms with Crippen LogP contribution >= 0.6 is 0 Å². The van der Waals surface area contributed by atoms with Crippen molar-refractivity contribution < 1.29 is 23.4 Å². The Labute approximate surface area is 119 Å². The Morgan fingerprint density at radius 3 is 2.52 bits per heavy atom. The lowest BCUT2D eigenvalue weighted by Gasteiger charge is -2.08. The van der Waals surface area contributed by atoms with Gasteiger partial charge in [-0.1, -0.05) is 6.07 Å². The summed E-state index contributed by atoms with van der Waals surface area (Å²) in [5, 5.41) is 12.9. The Balaban J connectivity index is 1.64. The summed E-state index contributed by atoms with van der Waals surface area (Å²) < 4.78 is 36.3. The van der Waals surface area contributed by atoms with Crippen molar-refractivity contribution in [3.05, 3.63) is 53.1 Å². The lowest BCUT2D eigenvalue weighted by atomic mass is 10.1. The van der Waals surface area contributed by atoms with Crippen LogP contribution in [0.5, 0.6) is 17.2 Å². The first kappa shape index (κ1) is 13.6. The van der Waals surface area contributed by atoms with Gasteiger partial charge in [-0.2, -0.15) is 0 Å². The van der Waals surface area contributed by atoms with Gasteiger partial charge >= 0.3 is 0 Å². The van der Waals surface area contributed by atoms with Crippen molar-refractivity contribution in [1.29, 1.82) is 0 Å². The average Bonchev–Trinajstić information content (AvgIpc) is 2.90. The SMILES string of the molecule is Oc1cc2c(cc1CNCc1ccc(F)c(F)c1)OCO2. The number of benzene rings is 2. The Morgan fingerprint density at radius 1 is 1.00 bits per heavy atom. The summed E-state index contributed by atoms with van der Waals surface area (Å²) in [6, 6.07) is 6.92. The van der Waals surface area contributed by atoms with Gasteiger partial charge in [-0.05, 0) is 23.8 Å². The van der Waals surface area contributed by atoms with Gasteiger partial charge in [0.25, 0.3) is 0 Å². The monoisotopic (exact) mass is 293 g/mol. The van der Waals surface area contributed by atoms with Gasteiger partial charge in [0.15, 0.2) is 23.1 Å². The molecule has 4 nitrogen and oxygen atoms in total. The van der Waals surface area contributed by atoms with Gasteiger partial charge in [0, 0.05) is 24.7 Å². The molecule has 2 aromatic rings. The molecular formula is C15H13F2NO3. The number of aromatic hydroxyl groups is 1. The summed E-state index contributed by atoms with van der Waals surface area (Å²) >= 11 is 0. The molecule has 6 heteroatoms. The fourth-order valence-corrected chi connectivity index (χ4v) is 2.11. The van der Waals surface area contributed by atoms with Crippen molar-refractivity contribution in [2.45, 2.75) is 13.1 Å². The van der Waals surface area contributed by atoms with Gasteiger partial charge < -0.3 is 19.9 Å². The average molecular weight is 293 g/mol. The van der Waals surface area contributed by atoms with Crippen LogP contribution in [0.2, 0.25) is 0 Å². The zero-order chi connectivity index (χ0) is 14.8. The lowest BCUT2D eigenvalue weighted by Crippen LogP contribution is -2.13. The van der Waals surface area contributed by atoms with Gasteiger partial charge in [-0.25, -0.2) is 8.78 Å². The summed E-state index contributed by atoms with van der Waals surface area (Å²) in [5.74, 6) is -0.557. The van der Waals surface area contributed by atoms with Crippen LogP contribution in [0.15, 0.2) is 30.3 Å². The van der Waals surface area contributed by atoms with Crippen LogP contribution in [0.1, 0.15) is 11.1 Å². The van der Waals surface area contributed by atoms with Crippen LogP contribution < -0.4 is 14.8 Å². The minimum Gasteiger partial charge on any atom is -0.507 e. The molecule has 0 bridgehead atoms. The van der Waals surface area contributed by atoms with E-state index in [2.05, 4.69) is 5.32 Å². The summed E-state index contributed by atoms with van der Waals surface area (Å²) in [4.78, 5) is 0. The van der Waals surface area contributed by atoms with Crippen molar-refractivity contribution in [3.8, 4) is 17.2 Å². The van der Waals surface area contributed by atoms with Crippen LogP contribution in [0.4, 0.5) is 8.78 Å². The van der Waals surface area contributed by atoms with E-state index >= 15 is 0 Å². The topological polar surface area (TPSA) is 50.7 Å². The number of phenols is 1. The van der Waals surface area contributed by atoms with E-state index in [0.717, 1.165) is 12.1 Å². The van der Waals surface area contributed by atoms with E-state index in [9.17, 15) is 13.9 Å². The normalized spacial score (nSPS) is 12.7. The first-order valence-corrected chi connectivity index (χ1v) is 6.39. The molecule has 2 aromatic carbocycles. The predicted octanol–water partition coefficient (Wildman–Crippen LogP) is 2.69. The fraction of sp³-hybridized carbons (Fsp3) is 0.200. The summed E-state index contributed by atoms with van der Waals surface area (Å²) in [7, 11) is 0. The highest BCUT2D eigenvalue weighted by atomic mass is 19.2. The Kier molecular flexibility index (Phi) is 3.62. The van der Waals surface area contributed by atoms with Gasteiger partial charge in [0.2, 0.25) is 6.79 Å². The maximum atomic E-state index is 13.1. The van der Waals surface area contributed by atoms with Gasteiger partial charge in [-0.15, -0.1) is 0 Å². The molecule has 2 N–H and O–H groups in total. The Hall–Kier alpha value is -2.34. The summed E-state index contributed by atoms with van der Waals surface area (Å²) in [5.41, 5.74) is 1.26. The number of fused-ring (bicyclic) bond motifs is 1. The van der Waals surface area contributed by atoms with E-state index in [1.54, 1.807) is 6.07 Å². The second-order valence-electron chi connectivity index (χ2n) is 4.69. The Morgan fingerprint density at radius 2 is 1.76 bits per heavy atom. The number of phenolic OH excluding ortho intramolecular Hbond substituents is 1. The highest BCUT2D eigenvalue weighted by Gasteiger charge is 2.16.